The molecule has 7 heteroatoms. The summed E-state index contributed by atoms with van der Waals surface area (Å²) in [7, 11) is -3.65. The summed E-state index contributed by atoms with van der Waals surface area (Å²) in [5, 5.41) is 16.7. The lowest BCUT2D eigenvalue weighted by Gasteiger charge is -2.11. The summed E-state index contributed by atoms with van der Waals surface area (Å²) < 4.78 is 27.0. The molecule has 2 N–H and O–H groups in total. The van der Waals surface area contributed by atoms with Crippen molar-refractivity contribution in [1.29, 1.82) is 0 Å². The van der Waals surface area contributed by atoms with Crippen LogP contribution < -0.4 is 4.72 Å². The van der Waals surface area contributed by atoms with Gasteiger partial charge in [-0.2, -0.15) is 10.2 Å². The van der Waals surface area contributed by atoms with Gasteiger partial charge in [-0.1, -0.05) is 12.1 Å². The van der Waals surface area contributed by atoms with Crippen molar-refractivity contribution < 1.29 is 13.5 Å². The van der Waals surface area contributed by atoms with Crippen LogP contribution in [-0.4, -0.2) is 23.7 Å². The number of aliphatic hydroxyl groups is 1. The third kappa shape index (κ3) is 3.19. The van der Waals surface area contributed by atoms with Crippen molar-refractivity contribution in [2.45, 2.75) is 25.0 Å². The zero-order valence-electron chi connectivity index (χ0n) is 10.9. The molecule has 106 valence electrons. The van der Waals surface area contributed by atoms with Crippen molar-refractivity contribution >= 4 is 10.0 Å². The Labute approximate surface area is 117 Å². The van der Waals surface area contributed by atoms with E-state index in [1.807, 2.05) is 0 Å². The first-order chi connectivity index (χ1) is 9.54. The highest BCUT2D eigenvalue weighted by Gasteiger charge is 2.18. The van der Waals surface area contributed by atoms with E-state index in [4.69, 9.17) is 0 Å². The zero-order chi connectivity index (χ0) is 14.6. The number of nitrogens with zero attached hydrogens (tertiary/aromatic N) is 2. The van der Waals surface area contributed by atoms with Crippen LogP contribution in [0.4, 0.5) is 0 Å². The summed E-state index contributed by atoms with van der Waals surface area (Å²) in [5.74, 6) is 0. The molecule has 0 aliphatic heterocycles. The molecule has 0 radical (unpaired) electrons. The second-order valence-electron chi connectivity index (χ2n) is 4.24. The monoisotopic (exact) mass is 293 g/mol. The van der Waals surface area contributed by atoms with Gasteiger partial charge in [0.15, 0.2) is 0 Å². The maximum atomic E-state index is 12.3. The van der Waals surface area contributed by atoms with Gasteiger partial charge in [0.25, 0.3) is 0 Å². The number of hydrogen-bond donors (Lipinski definition) is 2. The predicted octanol–water partition coefficient (Wildman–Crippen LogP) is 0.756. The molecule has 0 unspecified atom stereocenters. The maximum absolute atomic E-state index is 12.3. The molecule has 0 aliphatic carbocycles. The summed E-state index contributed by atoms with van der Waals surface area (Å²) in [6.07, 6.45) is 1.52. The van der Waals surface area contributed by atoms with Crippen molar-refractivity contribution in [3.63, 3.8) is 0 Å². The van der Waals surface area contributed by atoms with E-state index in [0.29, 0.717) is 16.8 Å². The molecule has 0 fully saturated rings. The fourth-order valence-electron chi connectivity index (χ4n) is 1.80. The Morgan fingerprint density at radius 1 is 1.25 bits per heavy atom. The summed E-state index contributed by atoms with van der Waals surface area (Å²) in [6, 6.07) is 8.18. The number of nitrogens with one attached hydrogen (secondary N) is 1. The van der Waals surface area contributed by atoms with Crippen LogP contribution in [-0.2, 0) is 23.2 Å². The molecule has 1 aromatic heterocycles. The largest absolute Gasteiger partial charge is 0.392 e. The third-order valence-corrected chi connectivity index (χ3v) is 4.47. The fourth-order valence-corrected chi connectivity index (χ4v) is 3.08. The van der Waals surface area contributed by atoms with E-state index in [0.717, 1.165) is 0 Å². The number of hydrogen-bond acceptors (Lipinski definition) is 5. The van der Waals surface area contributed by atoms with Gasteiger partial charge >= 0.3 is 0 Å². The number of benzene rings is 1. The van der Waals surface area contributed by atoms with Gasteiger partial charge in [0, 0.05) is 6.20 Å². The van der Waals surface area contributed by atoms with E-state index in [-0.39, 0.29) is 18.0 Å². The minimum Gasteiger partial charge on any atom is -0.392 e. The fraction of sp³-hybridized carbons (Fsp3) is 0.231. The van der Waals surface area contributed by atoms with Crippen molar-refractivity contribution in [2.75, 3.05) is 0 Å². The quantitative estimate of drug-likeness (QED) is 0.849. The molecule has 20 heavy (non-hydrogen) atoms. The van der Waals surface area contributed by atoms with Gasteiger partial charge in [-0.3, -0.25) is 0 Å². The first-order valence-corrected chi connectivity index (χ1v) is 7.48. The highest BCUT2D eigenvalue weighted by atomic mass is 32.2. The number of aromatic nitrogens is 2. The summed E-state index contributed by atoms with van der Waals surface area (Å²) >= 11 is 0. The van der Waals surface area contributed by atoms with Crippen molar-refractivity contribution in [3.05, 3.63) is 53.3 Å². The minimum atomic E-state index is -3.65. The summed E-state index contributed by atoms with van der Waals surface area (Å²) in [6.45, 7) is 1.54. The van der Waals surface area contributed by atoms with Gasteiger partial charge in [-0.25, -0.2) is 13.1 Å². The van der Waals surface area contributed by atoms with Crippen LogP contribution in [0.1, 0.15) is 16.8 Å². The Balaban J connectivity index is 2.23. The lowest BCUT2D eigenvalue weighted by Crippen LogP contribution is -2.24. The standard InChI is InChI=1S/C13H15N3O3S/c1-10-11(9-17)4-2-6-13(10)20(18,19)15-8-12-5-3-7-14-16-12/h2-7,15,17H,8-9H2,1H3. The van der Waals surface area contributed by atoms with Gasteiger partial charge in [-0.15, -0.1) is 0 Å². The zero-order valence-corrected chi connectivity index (χ0v) is 11.8. The van der Waals surface area contributed by atoms with Crippen LogP contribution in [0.5, 0.6) is 0 Å². The lowest BCUT2D eigenvalue weighted by atomic mass is 10.1. The molecule has 0 saturated carbocycles. The van der Waals surface area contributed by atoms with Crippen LogP contribution >= 0.6 is 0 Å². The predicted molar refractivity (Wildman–Crippen MR) is 73.2 cm³/mol. The van der Waals surface area contributed by atoms with Crippen LogP contribution in [0.3, 0.4) is 0 Å². The average Bonchev–Trinajstić information content (AvgIpc) is 2.46. The SMILES string of the molecule is Cc1c(CO)cccc1S(=O)(=O)NCc1cccnn1. The maximum Gasteiger partial charge on any atom is 0.241 e. The Kier molecular flexibility index (Phi) is 4.43. The molecule has 2 aromatic rings. The first kappa shape index (κ1) is 14.6. The highest BCUT2D eigenvalue weighted by molar-refractivity contribution is 7.89. The van der Waals surface area contributed by atoms with Crippen LogP contribution in [0.25, 0.3) is 0 Å². The van der Waals surface area contributed by atoms with E-state index >= 15 is 0 Å². The smallest absolute Gasteiger partial charge is 0.241 e. The van der Waals surface area contributed by atoms with Crippen molar-refractivity contribution in [1.82, 2.24) is 14.9 Å². The second kappa shape index (κ2) is 6.08. The molecular weight excluding hydrogens is 278 g/mol. The van der Waals surface area contributed by atoms with Gasteiger partial charge in [0.1, 0.15) is 0 Å². The molecule has 0 spiro atoms. The van der Waals surface area contributed by atoms with E-state index in [2.05, 4.69) is 14.9 Å². The van der Waals surface area contributed by atoms with Crippen LogP contribution in [0.15, 0.2) is 41.4 Å². The highest BCUT2D eigenvalue weighted by Crippen LogP contribution is 2.19. The number of aliphatic hydroxyl groups excluding tert-OH is 1. The van der Waals surface area contributed by atoms with Gasteiger partial charge in [-0.05, 0) is 36.2 Å². The van der Waals surface area contributed by atoms with E-state index in [1.54, 1.807) is 31.2 Å². The molecule has 0 amide bonds. The molecule has 0 aliphatic rings. The molecule has 1 heterocycles. The Morgan fingerprint density at radius 2 is 2.05 bits per heavy atom. The second-order valence-corrected chi connectivity index (χ2v) is 5.97. The normalized spacial score (nSPS) is 11.5. The third-order valence-electron chi connectivity index (χ3n) is 2.93. The molecular formula is C13H15N3O3S. The summed E-state index contributed by atoms with van der Waals surface area (Å²) in [4.78, 5) is 0.160. The molecule has 2 rings (SSSR count). The molecule has 0 bridgehead atoms. The van der Waals surface area contributed by atoms with E-state index in [1.165, 1.54) is 12.3 Å². The van der Waals surface area contributed by atoms with Gasteiger partial charge in [0.2, 0.25) is 10.0 Å². The van der Waals surface area contributed by atoms with Crippen molar-refractivity contribution in [3.8, 4) is 0 Å². The minimum absolute atomic E-state index is 0.0684. The number of rotatable bonds is 5. The van der Waals surface area contributed by atoms with E-state index in [9.17, 15) is 13.5 Å². The van der Waals surface area contributed by atoms with Gasteiger partial charge in [0.05, 0.1) is 23.7 Å². The van der Waals surface area contributed by atoms with Gasteiger partial charge < -0.3 is 5.11 Å². The Bertz CT molecular complexity index is 687. The molecule has 1 aromatic carbocycles. The number of sulfonamides is 1. The summed E-state index contributed by atoms with van der Waals surface area (Å²) in [5.41, 5.74) is 1.67. The molecule has 0 atom stereocenters. The van der Waals surface area contributed by atoms with Crippen LogP contribution in [0, 0.1) is 6.92 Å². The average molecular weight is 293 g/mol. The van der Waals surface area contributed by atoms with E-state index < -0.39 is 10.0 Å². The Hall–Kier alpha value is -1.83. The molecule has 0 saturated heterocycles. The van der Waals surface area contributed by atoms with Crippen molar-refractivity contribution in [2.24, 2.45) is 0 Å². The first-order valence-electron chi connectivity index (χ1n) is 6.00. The van der Waals surface area contributed by atoms with Crippen LogP contribution in [0.2, 0.25) is 0 Å². The topological polar surface area (TPSA) is 92.2 Å². The Morgan fingerprint density at radius 3 is 2.70 bits per heavy atom. The molecule has 6 nitrogen and oxygen atoms in total. The lowest BCUT2D eigenvalue weighted by molar-refractivity contribution is 0.280.